The molecule has 1 heteroatoms. The van der Waals surface area contributed by atoms with Crippen molar-refractivity contribution in [1.82, 2.24) is 0 Å². The van der Waals surface area contributed by atoms with Crippen LogP contribution in [0, 0.1) is 0 Å². The average molecular weight is 621 g/mol. The van der Waals surface area contributed by atoms with Crippen LogP contribution in [-0.2, 0) is 0 Å². The molecule has 0 atom stereocenters. The van der Waals surface area contributed by atoms with Gasteiger partial charge in [0.25, 0.3) is 0 Å². The van der Waals surface area contributed by atoms with Crippen LogP contribution in [0.3, 0.4) is 0 Å². The van der Waals surface area contributed by atoms with E-state index in [4.69, 9.17) is 4.74 Å². The fourth-order valence-corrected chi connectivity index (χ4v) is 8.47. The Morgan fingerprint density at radius 1 is 0.286 bits per heavy atom. The monoisotopic (exact) mass is 620 g/mol. The van der Waals surface area contributed by atoms with Crippen LogP contribution in [0.2, 0.25) is 0 Å². The van der Waals surface area contributed by atoms with Crippen molar-refractivity contribution in [2.75, 3.05) is 0 Å². The highest BCUT2D eigenvalue weighted by molar-refractivity contribution is 6.24. The molecule has 0 aromatic heterocycles. The van der Waals surface area contributed by atoms with E-state index in [1.54, 1.807) is 0 Å². The topological polar surface area (TPSA) is 9.23 Å². The van der Waals surface area contributed by atoms with Crippen molar-refractivity contribution < 1.29 is 4.74 Å². The molecule has 0 unspecified atom stereocenters. The molecule has 49 heavy (non-hydrogen) atoms. The van der Waals surface area contributed by atoms with Gasteiger partial charge in [-0.2, -0.15) is 0 Å². The third kappa shape index (κ3) is 3.76. The van der Waals surface area contributed by atoms with Gasteiger partial charge in [-0.3, -0.25) is 0 Å². The minimum absolute atomic E-state index is 0.912. The van der Waals surface area contributed by atoms with Crippen LogP contribution in [0.4, 0.5) is 0 Å². The Morgan fingerprint density at radius 3 is 1.76 bits per heavy atom. The molecule has 0 aliphatic carbocycles. The zero-order valence-electron chi connectivity index (χ0n) is 26.6. The first-order valence-corrected chi connectivity index (χ1v) is 16.9. The van der Waals surface area contributed by atoms with Crippen molar-refractivity contribution in [2.24, 2.45) is 0 Å². The van der Waals surface area contributed by atoms with Gasteiger partial charge in [0.1, 0.15) is 11.5 Å². The first-order chi connectivity index (χ1) is 24.3. The molecule has 0 N–H and O–H groups in total. The molecule has 10 aromatic carbocycles. The largest absolute Gasteiger partial charge is 0.455 e. The molecule has 226 valence electrons. The Balaban J connectivity index is 1.18. The predicted molar refractivity (Wildman–Crippen MR) is 208 cm³/mol. The third-order valence-corrected chi connectivity index (χ3v) is 10.6. The fourth-order valence-electron chi connectivity index (χ4n) is 8.47. The zero-order chi connectivity index (χ0) is 32.1. The molecule has 0 saturated heterocycles. The predicted octanol–water partition coefficient (Wildman–Crippen LogP) is 13.7. The summed E-state index contributed by atoms with van der Waals surface area (Å²) in [6.45, 7) is 0. The molecule has 1 heterocycles. The molecule has 0 fully saturated rings. The molecule has 0 saturated carbocycles. The van der Waals surface area contributed by atoms with Crippen molar-refractivity contribution in [1.29, 1.82) is 0 Å². The van der Waals surface area contributed by atoms with Crippen LogP contribution in [0.5, 0.6) is 11.5 Å². The van der Waals surface area contributed by atoms with Gasteiger partial charge in [0.05, 0.1) is 0 Å². The minimum Gasteiger partial charge on any atom is -0.455 e. The van der Waals surface area contributed by atoms with E-state index in [9.17, 15) is 0 Å². The van der Waals surface area contributed by atoms with Crippen molar-refractivity contribution in [3.63, 3.8) is 0 Å². The molecule has 1 nitrogen and oxygen atoms in total. The lowest BCUT2D eigenvalue weighted by Crippen LogP contribution is -1.99. The van der Waals surface area contributed by atoms with Crippen molar-refractivity contribution >= 4 is 64.6 Å². The minimum atomic E-state index is 0.912. The van der Waals surface area contributed by atoms with Crippen LogP contribution >= 0.6 is 0 Å². The van der Waals surface area contributed by atoms with Crippen LogP contribution in [0.1, 0.15) is 0 Å². The maximum absolute atomic E-state index is 6.73. The molecule has 0 spiro atoms. The number of ether oxygens (including phenoxy) is 1. The van der Waals surface area contributed by atoms with E-state index in [1.165, 1.54) is 87.1 Å². The average Bonchev–Trinajstić information content (AvgIpc) is 3.17. The highest BCUT2D eigenvalue weighted by Gasteiger charge is 2.24. The van der Waals surface area contributed by atoms with Crippen molar-refractivity contribution in [2.45, 2.75) is 0 Å². The molecular formula is C48H28O. The van der Waals surface area contributed by atoms with E-state index in [2.05, 4.69) is 170 Å². The molecule has 0 bridgehead atoms. The maximum atomic E-state index is 6.73. The third-order valence-electron chi connectivity index (χ3n) is 10.6. The molecule has 10 aromatic rings. The smallest absolute Gasteiger partial charge is 0.143 e. The highest BCUT2D eigenvalue weighted by atomic mass is 16.5. The van der Waals surface area contributed by atoms with Gasteiger partial charge in [0, 0.05) is 16.3 Å². The van der Waals surface area contributed by atoms with Crippen LogP contribution < -0.4 is 4.74 Å². The lowest BCUT2D eigenvalue weighted by atomic mass is 9.85. The summed E-state index contributed by atoms with van der Waals surface area (Å²) in [6.07, 6.45) is 0. The van der Waals surface area contributed by atoms with Crippen molar-refractivity contribution in [3.05, 3.63) is 170 Å². The van der Waals surface area contributed by atoms with E-state index >= 15 is 0 Å². The van der Waals surface area contributed by atoms with E-state index in [1.807, 2.05) is 0 Å². The lowest BCUT2D eigenvalue weighted by molar-refractivity contribution is 0.493. The fraction of sp³-hybridized carbons (Fsp3) is 0. The molecule has 0 radical (unpaired) electrons. The molecular weight excluding hydrogens is 593 g/mol. The van der Waals surface area contributed by atoms with Gasteiger partial charge < -0.3 is 4.74 Å². The standard InChI is InChI=1S/C48H28O/c1-4-14-32-29(10-1)13-7-19-39(32)46-33-15-5-3-12-31(33)28-44-36-18-8-17-35(37(36)24-25-42(44)46)38-26-27-45-47-40(38)20-9-21-41(47)43-23-22-30-11-2-6-16-34(30)48(43)49-45/h1-28H. The number of fused-ring (bicyclic) bond motifs is 9. The van der Waals surface area contributed by atoms with Gasteiger partial charge >= 0.3 is 0 Å². The molecule has 1 aliphatic rings. The number of rotatable bonds is 2. The summed E-state index contributed by atoms with van der Waals surface area (Å²) in [7, 11) is 0. The van der Waals surface area contributed by atoms with Gasteiger partial charge in [0.2, 0.25) is 0 Å². The van der Waals surface area contributed by atoms with Crippen LogP contribution in [-0.4, -0.2) is 0 Å². The Bertz CT molecular complexity index is 3020. The summed E-state index contributed by atoms with van der Waals surface area (Å²) in [5.41, 5.74) is 7.37. The summed E-state index contributed by atoms with van der Waals surface area (Å²) in [6, 6.07) is 62.1. The Labute approximate surface area is 283 Å². The first kappa shape index (κ1) is 26.6. The van der Waals surface area contributed by atoms with Gasteiger partial charge in [-0.05, 0) is 99.9 Å². The summed E-state index contributed by atoms with van der Waals surface area (Å²) in [4.78, 5) is 0. The molecule has 11 rings (SSSR count). The Hall–Kier alpha value is -6.44. The Kier molecular flexibility index (Phi) is 5.45. The van der Waals surface area contributed by atoms with E-state index in [0.29, 0.717) is 0 Å². The second-order valence-corrected chi connectivity index (χ2v) is 13.2. The van der Waals surface area contributed by atoms with Gasteiger partial charge in [-0.15, -0.1) is 0 Å². The first-order valence-electron chi connectivity index (χ1n) is 16.9. The summed E-state index contributed by atoms with van der Waals surface area (Å²) < 4.78 is 6.73. The zero-order valence-corrected chi connectivity index (χ0v) is 26.6. The van der Waals surface area contributed by atoms with Crippen molar-refractivity contribution in [3.8, 4) is 44.9 Å². The number of benzene rings is 10. The molecule has 1 aliphatic heterocycles. The summed E-state index contributed by atoms with van der Waals surface area (Å²) in [5.74, 6) is 1.85. The SMILES string of the molecule is c1ccc2c(-c3c4ccccc4cc4c3ccc3c(-c5ccc6c7c(cccc57)-c5ccc7ccccc7c5O6)cccc34)cccc2c1. The number of hydrogen-bond acceptors (Lipinski definition) is 1. The van der Waals surface area contributed by atoms with Crippen LogP contribution in [0.15, 0.2) is 170 Å². The molecule has 0 amide bonds. The van der Waals surface area contributed by atoms with Gasteiger partial charge in [-0.1, -0.05) is 152 Å². The van der Waals surface area contributed by atoms with E-state index in [0.717, 1.165) is 22.4 Å². The normalized spacial score (nSPS) is 12.2. The van der Waals surface area contributed by atoms with E-state index in [-0.39, 0.29) is 0 Å². The lowest BCUT2D eigenvalue weighted by Gasteiger charge is -2.24. The maximum Gasteiger partial charge on any atom is 0.143 e. The second kappa shape index (κ2) is 10.0. The van der Waals surface area contributed by atoms with E-state index < -0.39 is 0 Å². The highest BCUT2D eigenvalue weighted by Crippen LogP contribution is 2.51. The van der Waals surface area contributed by atoms with Gasteiger partial charge in [-0.25, -0.2) is 0 Å². The quantitative estimate of drug-likeness (QED) is 0.138. The van der Waals surface area contributed by atoms with Gasteiger partial charge in [0.15, 0.2) is 0 Å². The Morgan fingerprint density at radius 2 is 0.878 bits per heavy atom. The summed E-state index contributed by atoms with van der Waals surface area (Å²) >= 11 is 0. The van der Waals surface area contributed by atoms with Crippen LogP contribution in [0.25, 0.3) is 98.0 Å². The summed E-state index contributed by atoms with van der Waals surface area (Å²) in [5, 5.41) is 14.8. The number of hydrogen-bond donors (Lipinski definition) is 0. The second-order valence-electron chi connectivity index (χ2n) is 13.2.